The fraction of sp³-hybridized carbons (Fsp3) is 0.0345. The van der Waals surface area contributed by atoms with Crippen molar-refractivity contribution in [2.75, 3.05) is 16.4 Å². The lowest BCUT2D eigenvalue weighted by molar-refractivity contribution is -0.114. The van der Waals surface area contributed by atoms with Crippen LogP contribution in [0.1, 0.15) is 25.6 Å². The molecule has 0 aliphatic rings. The van der Waals surface area contributed by atoms with Crippen molar-refractivity contribution in [2.45, 2.75) is 4.90 Å². The first kappa shape index (κ1) is 28.6. The molecule has 0 aliphatic carbocycles. The molecule has 40 heavy (non-hydrogen) atoms. The lowest BCUT2D eigenvalue weighted by Gasteiger charge is -2.12. The number of thioether (sulfide) groups is 1. The Kier molecular flexibility index (Phi) is 9.74. The number of anilines is 2. The van der Waals surface area contributed by atoms with Gasteiger partial charge in [-0.1, -0.05) is 41.9 Å². The zero-order valence-corrected chi connectivity index (χ0v) is 23.1. The van der Waals surface area contributed by atoms with Crippen molar-refractivity contribution in [1.82, 2.24) is 5.32 Å². The summed E-state index contributed by atoms with van der Waals surface area (Å²) in [5.74, 6) is -2.42. The van der Waals surface area contributed by atoms with E-state index in [4.69, 9.17) is 16.7 Å². The van der Waals surface area contributed by atoms with Crippen molar-refractivity contribution in [3.8, 4) is 0 Å². The van der Waals surface area contributed by atoms with Gasteiger partial charge in [-0.15, -0.1) is 23.1 Å². The molecule has 0 unspecified atom stereocenters. The summed E-state index contributed by atoms with van der Waals surface area (Å²) in [6.07, 6.45) is 1.61. The highest BCUT2D eigenvalue weighted by Crippen LogP contribution is 2.25. The highest BCUT2D eigenvalue weighted by Gasteiger charge is 2.16. The number of amides is 3. The van der Waals surface area contributed by atoms with Gasteiger partial charge >= 0.3 is 5.97 Å². The van der Waals surface area contributed by atoms with Gasteiger partial charge in [0.15, 0.2) is 0 Å². The third kappa shape index (κ3) is 8.06. The maximum atomic E-state index is 13.2. The van der Waals surface area contributed by atoms with Crippen molar-refractivity contribution < 1.29 is 24.3 Å². The van der Waals surface area contributed by atoms with E-state index in [1.54, 1.807) is 60.7 Å². The van der Waals surface area contributed by atoms with E-state index in [-0.39, 0.29) is 33.6 Å². The summed E-state index contributed by atoms with van der Waals surface area (Å²) >= 11 is 8.73. The largest absolute Gasteiger partial charge is 0.478 e. The van der Waals surface area contributed by atoms with Gasteiger partial charge in [0.25, 0.3) is 11.8 Å². The number of hydrogen-bond donors (Lipinski definition) is 4. The van der Waals surface area contributed by atoms with Crippen LogP contribution in [0.15, 0.2) is 101 Å². The van der Waals surface area contributed by atoms with E-state index >= 15 is 0 Å². The highest BCUT2D eigenvalue weighted by atomic mass is 35.5. The highest BCUT2D eigenvalue weighted by molar-refractivity contribution is 8.00. The first-order valence-corrected chi connectivity index (χ1v) is 14.0. The molecule has 0 bridgehead atoms. The zero-order valence-electron chi connectivity index (χ0n) is 20.7. The predicted molar refractivity (Wildman–Crippen MR) is 159 cm³/mol. The quantitative estimate of drug-likeness (QED) is 0.128. The lowest BCUT2D eigenvalue weighted by atomic mass is 10.2. The predicted octanol–water partition coefficient (Wildman–Crippen LogP) is 6.24. The Morgan fingerprint density at radius 3 is 2.40 bits per heavy atom. The molecule has 0 fully saturated rings. The average Bonchev–Trinajstić information content (AvgIpc) is 3.46. The summed E-state index contributed by atoms with van der Waals surface area (Å²) < 4.78 is 0. The van der Waals surface area contributed by atoms with Crippen LogP contribution < -0.4 is 16.0 Å². The van der Waals surface area contributed by atoms with E-state index in [1.165, 1.54) is 41.3 Å². The molecule has 0 atom stereocenters. The molecule has 1 aromatic heterocycles. The zero-order chi connectivity index (χ0) is 28.5. The van der Waals surface area contributed by atoms with Crippen LogP contribution in [-0.4, -0.2) is 34.6 Å². The standard InChI is InChI=1S/C29H22ClN3O5S2/c30-23-12-11-19(29(37)38)14-24(23)32-26(34)17-40-21-9-4-8-20(15-21)31-28(36)25(16-22-10-5-13-39-22)33-27(35)18-6-2-1-3-7-18/h1-16H,17H2,(H,31,36)(H,32,34)(H,33,35)(H,37,38)/b25-16-. The first-order chi connectivity index (χ1) is 19.3. The van der Waals surface area contributed by atoms with Gasteiger partial charge in [0.2, 0.25) is 5.91 Å². The number of carboxylic acid groups (broad SMARTS) is 1. The molecule has 4 aromatic rings. The van der Waals surface area contributed by atoms with Gasteiger partial charge in [-0.2, -0.15) is 0 Å². The van der Waals surface area contributed by atoms with Gasteiger partial charge in [0, 0.05) is 21.0 Å². The molecule has 202 valence electrons. The maximum absolute atomic E-state index is 13.2. The fourth-order valence-corrected chi connectivity index (χ4v) is 4.99. The van der Waals surface area contributed by atoms with E-state index in [0.29, 0.717) is 16.1 Å². The van der Waals surface area contributed by atoms with Crippen LogP contribution in [0, 0.1) is 0 Å². The van der Waals surface area contributed by atoms with Crippen LogP contribution in [0.4, 0.5) is 11.4 Å². The molecule has 0 saturated carbocycles. The Bertz CT molecular complexity index is 1570. The Labute approximate surface area is 243 Å². The van der Waals surface area contributed by atoms with E-state index < -0.39 is 17.8 Å². The Balaban J connectivity index is 1.41. The Hall–Kier alpha value is -4.38. The van der Waals surface area contributed by atoms with Crippen LogP contribution >= 0.6 is 34.7 Å². The summed E-state index contributed by atoms with van der Waals surface area (Å²) in [5.41, 5.74) is 1.17. The number of carbonyl (C=O) groups is 4. The van der Waals surface area contributed by atoms with E-state index in [9.17, 15) is 19.2 Å². The number of rotatable bonds is 10. The van der Waals surface area contributed by atoms with Crippen molar-refractivity contribution in [2.24, 2.45) is 0 Å². The minimum atomic E-state index is -1.13. The number of carboxylic acids is 1. The molecule has 0 aliphatic heterocycles. The van der Waals surface area contributed by atoms with Crippen LogP contribution in [0.2, 0.25) is 5.02 Å². The van der Waals surface area contributed by atoms with E-state index in [1.807, 2.05) is 17.5 Å². The number of thiophene rings is 1. The number of hydrogen-bond acceptors (Lipinski definition) is 6. The van der Waals surface area contributed by atoms with Gasteiger partial charge in [-0.25, -0.2) is 4.79 Å². The minimum absolute atomic E-state index is 0.00301. The first-order valence-electron chi connectivity index (χ1n) is 11.8. The number of halogens is 1. The fourth-order valence-electron chi connectivity index (χ4n) is 3.41. The van der Waals surface area contributed by atoms with Gasteiger partial charge in [0.1, 0.15) is 5.70 Å². The number of carbonyl (C=O) groups excluding carboxylic acids is 3. The third-order valence-corrected chi connectivity index (χ3v) is 7.45. The average molecular weight is 592 g/mol. The molecular formula is C29H22ClN3O5S2. The van der Waals surface area contributed by atoms with Gasteiger partial charge in [0.05, 0.1) is 22.0 Å². The Morgan fingerprint density at radius 2 is 1.68 bits per heavy atom. The van der Waals surface area contributed by atoms with Gasteiger partial charge in [-0.3, -0.25) is 14.4 Å². The molecule has 4 N–H and O–H groups in total. The molecule has 11 heteroatoms. The molecule has 4 rings (SSSR count). The third-order valence-electron chi connectivity index (χ3n) is 5.31. The summed E-state index contributed by atoms with van der Waals surface area (Å²) in [4.78, 5) is 51.1. The lowest BCUT2D eigenvalue weighted by Crippen LogP contribution is -2.30. The number of benzene rings is 3. The van der Waals surface area contributed by atoms with Crippen LogP contribution in [0.25, 0.3) is 6.08 Å². The molecular weight excluding hydrogens is 570 g/mol. The molecule has 0 spiro atoms. The maximum Gasteiger partial charge on any atom is 0.335 e. The van der Waals surface area contributed by atoms with E-state index in [0.717, 1.165) is 4.88 Å². The van der Waals surface area contributed by atoms with E-state index in [2.05, 4.69) is 16.0 Å². The molecule has 0 saturated heterocycles. The molecule has 3 amide bonds. The van der Waals surface area contributed by atoms with Crippen LogP contribution in [-0.2, 0) is 9.59 Å². The molecule has 8 nitrogen and oxygen atoms in total. The normalized spacial score (nSPS) is 11.0. The summed E-state index contributed by atoms with van der Waals surface area (Å²) in [6.45, 7) is 0. The summed E-state index contributed by atoms with van der Waals surface area (Å²) in [7, 11) is 0. The van der Waals surface area contributed by atoms with Gasteiger partial charge in [-0.05, 0) is 66.1 Å². The monoisotopic (exact) mass is 591 g/mol. The summed E-state index contributed by atoms with van der Waals surface area (Å²) in [6, 6.07) is 23.2. The smallest absolute Gasteiger partial charge is 0.335 e. The Morgan fingerprint density at radius 1 is 0.875 bits per heavy atom. The number of aromatic carboxylic acids is 1. The molecule has 1 heterocycles. The molecule has 0 radical (unpaired) electrons. The SMILES string of the molecule is O=C(CSc1cccc(NC(=O)/C(=C/c2cccs2)NC(=O)c2ccccc2)c1)Nc1cc(C(=O)O)ccc1Cl. The van der Waals surface area contributed by atoms with Crippen molar-refractivity contribution >= 4 is 75.8 Å². The van der Waals surface area contributed by atoms with Crippen molar-refractivity contribution in [3.63, 3.8) is 0 Å². The second kappa shape index (κ2) is 13.6. The van der Waals surface area contributed by atoms with Crippen molar-refractivity contribution in [3.05, 3.63) is 117 Å². The topological polar surface area (TPSA) is 125 Å². The number of nitrogens with one attached hydrogen (secondary N) is 3. The van der Waals surface area contributed by atoms with Crippen LogP contribution in [0.5, 0.6) is 0 Å². The molecule has 3 aromatic carbocycles. The van der Waals surface area contributed by atoms with Crippen molar-refractivity contribution in [1.29, 1.82) is 0 Å². The van der Waals surface area contributed by atoms with Gasteiger partial charge < -0.3 is 21.1 Å². The summed E-state index contributed by atoms with van der Waals surface area (Å²) in [5, 5.41) is 19.4. The minimum Gasteiger partial charge on any atom is -0.478 e. The second-order valence-corrected chi connectivity index (χ2v) is 10.6. The van der Waals surface area contributed by atoms with Crippen LogP contribution in [0.3, 0.4) is 0 Å². The second-order valence-electron chi connectivity index (χ2n) is 8.21.